The number of nitrogens with zero attached hydrogens (tertiary/aromatic N) is 2. The molecule has 1 amide bonds. The molecule has 1 fully saturated rings. The molecule has 1 unspecified atom stereocenters. The summed E-state index contributed by atoms with van der Waals surface area (Å²) in [5.74, 6) is 0.591. The normalized spacial score (nSPS) is 15.6. The smallest absolute Gasteiger partial charge is 0.251 e. The van der Waals surface area contributed by atoms with Crippen LogP contribution < -0.4 is 10.6 Å². The number of carbonyl (C=O) groups excluding carboxylic acids is 1. The van der Waals surface area contributed by atoms with Gasteiger partial charge >= 0.3 is 0 Å². The average Bonchev–Trinajstić information content (AvgIpc) is 2.88. The lowest BCUT2D eigenvalue weighted by molar-refractivity contribution is 0.0870. The molecule has 2 N–H and O–H groups in total. The molecule has 1 aliphatic rings. The molecule has 1 aromatic carbocycles. The van der Waals surface area contributed by atoms with E-state index < -0.39 is 0 Å². The maximum atomic E-state index is 12.4. The fraction of sp³-hybridized carbons (Fsp3) is 0.529. The summed E-state index contributed by atoms with van der Waals surface area (Å²) in [6.45, 7) is 7.41. The number of fused-ring (bicyclic) bond motifs is 1. The van der Waals surface area contributed by atoms with Crippen molar-refractivity contribution in [3.05, 3.63) is 29.5 Å². The molecule has 1 atom stereocenters. The van der Waals surface area contributed by atoms with Crippen molar-refractivity contribution in [2.75, 3.05) is 26.7 Å². The Kier molecular flexibility index (Phi) is 6.21. The van der Waals surface area contributed by atoms with Crippen LogP contribution in [0.3, 0.4) is 0 Å². The molecule has 2 heterocycles. The second-order valence-corrected chi connectivity index (χ2v) is 6.36. The number of hydrogen-bond donors (Lipinski definition) is 2. The second kappa shape index (κ2) is 7.96. The quantitative estimate of drug-likeness (QED) is 0.831. The number of halogens is 1. The molecule has 0 bridgehead atoms. The summed E-state index contributed by atoms with van der Waals surface area (Å²) in [6.07, 6.45) is 2.03. The van der Waals surface area contributed by atoms with E-state index in [0.717, 1.165) is 36.1 Å². The van der Waals surface area contributed by atoms with E-state index in [1.54, 1.807) is 7.11 Å². The Morgan fingerprint density at radius 3 is 2.88 bits per heavy atom. The minimum atomic E-state index is -0.0655. The topological polar surface area (TPSA) is 68.2 Å². The first-order valence-corrected chi connectivity index (χ1v) is 8.06. The van der Waals surface area contributed by atoms with Crippen LogP contribution in [0.1, 0.15) is 22.8 Å². The molecular weight excluding hydrogens is 328 g/mol. The Morgan fingerprint density at radius 1 is 1.50 bits per heavy atom. The van der Waals surface area contributed by atoms with Crippen molar-refractivity contribution >= 4 is 29.2 Å². The van der Waals surface area contributed by atoms with Crippen LogP contribution >= 0.6 is 12.4 Å². The second-order valence-electron chi connectivity index (χ2n) is 6.36. The molecule has 6 nitrogen and oxygen atoms in total. The highest BCUT2D eigenvalue weighted by Gasteiger charge is 2.18. The zero-order chi connectivity index (χ0) is 16.4. The molecule has 7 heteroatoms. The van der Waals surface area contributed by atoms with Crippen LogP contribution in [0.25, 0.3) is 10.9 Å². The summed E-state index contributed by atoms with van der Waals surface area (Å²) in [7, 11) is 1.64. The van der Waals surface area contributed by atoms with Crippen molar-refractivity contribution in [3.8, 4) is 0 Å². The van der Waals surface area contributed by atoms with Crippen molar-refractivity contribution < 1.29 is 9.53 Å². The lowest BCUT2D eigenvalue weighted by atomic mass is 10.0. The van der Waals surface area contributed by atoms with Crippen molar-refractivity contribution in [3.63, 3.8) is 0 Å². The molecule has 0 radical (unpaired) electrons. The molecule has 1 aliphatic heterocycles. The highest BCUT2D eigenvalue weighted by Crippen LogP contribution is 2.20. The number of carbonyl (C=O) groups is 1. The third kappa shape index (κ3) is 4.06. The lowest BCUT2D eigenvalue weighted by Gasteiger charge is -2.26. The number of rotatable bonds is 6. The van der Waals surface area contributed by atoms with Crippen LogP contribution in [0.2, 0.25) is 0 Å². The number of aryl methyl sites for hydroxylation is 1. The number of ether oxygens (including phenoxy) is 1. The molecule has 2 aromatic rings. The molecule has 0 spiro atoms. The number of amides is 1. The fourth-order valence-electron chi connectivity index (χ4n) is 2.72. The number of methoxy groups -OCH3 is 1. The molecule has 1 aromatic heterocycles. The van der Waals surface area contributed by atoms with Crippen LogP contribution in [0.4, 0.5) is 0 Å². The molecule has 0 aliphatic carbocycles. The van der Waals surface area contributed by atoms with Crippen molar-refractivity contribution in [1.29, 1.82) is 0 Å². The Bertz CT molecular complexity index is 712. The van der Waals surface area contributed by atoms with Gasteiger partial charge in [-0.1, -0.05) is 0 Å². The molecule has 132 valence electrons. The Labute approximate surface area is 148 Å². The number of benzene rings is 1. The zero-order valence-corrected chi connectivity index (χ0v) is 15.2. The molecule has 0 saturated carbocycles. The summed E-state index contributed by atoms with van der Waals surface area (Å²) in [5, 5.41) is 11.8. The van der Waals surface area contributed by atoms with Gasteiger partial charge in [-0.2, -0.15) is 5.10 Å². The van der Waals surface area contributed by atoms with E-state index >= 15 is 0 Å². The average molecular weight is 353 g/mol. The highest BCUT2D eigenvalue weighted by atomic mass is 35.5. The van der Waals surface area contributed by atoms with E-state index in [1.165, 1.54) is 0 Å². The predicted octanol–water partition coefficient (Wildman–Crippen LogP) is 1.75. The van der Waals surface area contributed by atoms with Crippen LogP contribution in [-0.4, -0.2) is 48.5 Å². The monoisotopic (exact) mass is 352 g/mol. The minimum Gasteiger partial charge on any atom is -0.380 e. The third-order valence-corrected chi connectivity index (χ3v) is 4.41. The molecule has 24 heavy (non-hydrogen) atoms. The van der Waals surface area contributed by atoms with Gasteiger partial charge in [-0.15, -0.1) is 12.4 Å². The summed E-state index contributed by atoms with van der Waals surface area (Å²) >= 11 is 0. The third-order valence-electron chi connectivity index (χ3n) is 4.41. The van der Waals surface area contributed by atoms with Gasteiger partial charge in [0.15, 0.2) is 0 Å². The first kappa shape index (κ1) is 18.7. The van der Waals surface area contributed by atoms with Gasteiger partial charge in [0.1, 0.15) is 0 Å². The first-order valence-electron chi connectivity index (χ1n) is 8.06. The van der Waals surface area contributed by atoms with Crippen LogP contribution in [0, 0.1) is 12.8 Å². The maximum Gasteiger partial charge on any atom is 0.251 e. The lowest BCUT2D eigenvalue weighted by Crippen LogP contribution is -2.44. The SMILES string of the molecule is COC(C)CNC(=O)c1cc2cn(CC3CNC3)nc2cc1C.Cl. The predicted molar refractivity (Wildman–Crippen MR) is 96.9 cm³/mol. The van der Waals surface area contributed by atoms with Crippen LogP contribution in [-0.2, 0) is 11.3 Å². The standard InChI is InChI=1S/C17H24N4O2.ClH/c1-11-4-16-14(10-21(20-16)9-13-7-18-8-13)5-15(11)17(22)19-6-12(2)23-3;/h4-5,10,12-13,18H,6-9H2,1-3H3,(H,19,22);1H. The van der Waals surface area contributed by atoms with Crippen molar-refractivity contribution in [2.45, 2.75) is 26.5 Å². The van der Waals surface area contributed by atoms with Gasteiger partial charge in [-0.05, 0) is 31.5 Å². The van der Waals surface area contributed by atoms with Crippen molar-refractivity contribution in [1.82, 2.24) is 20.4 Å². The van der Waals surface area contributed by atoms with Gasteiger partial charge in [0.05, 0.1) is 11.6 Å². The molecule has 3 rings (SSSR count). The van der Waals surface area contributed by atoms with Crippen LogP contribution in [0.15, 0.2) is 18.3 Å². The van der Waals surface area contributed by atoms with E-state index in [0.29, 0.717) is 18.0 Å². The first-order chi connectivity index (χ1) is 11.1. The summed E-state index contributed by atoms with van der Waals surface area (Å²) in [4.78, 5) is 12.4. The van der Waals surface area contributed by atoms with E-state index in [9.17, 15) is 4.79 Å². The minimum absolute atomic E-state index is 0. The number of nitrogens with one attached hydrogen (secondary N) is 2. The number of aromatic nitrogens is 2. The van der Waals surface area contributed by atoms with Gasteiger partial charge in [0.2, 0.25) is 0 Å². The summed E-state index contributed by atoms with van der Waals surface area (Å²) in [5.41, 5.74) is 2.58. The van der Waals surface area contributed by atoms with Gasteiger partial charge in [-0.25, -0.2) is 0 Å². The Balaban J connectivity index is 0.00000208. The molecular formula is C17H25ClN4O2. The Hall–Kier alpha value is -1.63. The van der Waals surface area contributed by atoms with E-state index in [2.05, 4.69) is 15.7 Å². The zero-order valence-electron chi connectivity index (χ0n) is 14.3. The largest absolute Gasteiger partial charge is 0.380 e. The fourth-order valence-corrected chi connectivity index (χ4v) is 2.72. The van der Waals surface area contributed by atoms with Gasteiger partial charge in [-0.3, -0.25) is 9.48 Å². The van der Waals surface area contributed by atoms with E-state index in [4.69, 9.17) is 4.74 Å². The molecule has 1 saturated heterocycles. The van der Waals surface area contributed by atoms with Crippen molar-refractivity contribution in [2.24, 2.45) is 5.92 Å². The van der Waals surface area contributed by atoms with E-state index in [-0.39, 0.29) is 24.4 Å². The van der Waals surface area contributed by atoms with Gasteiger partial charge < -0.3 is 15.4 Å². The summed E-state index contributed by atoms with van der Waals surface area (Å²) < 4.78 is 7.15. The summed E-state index contributed by atoms with van der Waals surface area (Å²) in [6, 6.07) is 3.92. The van der Waals surface area contributed by atoms with Gasteiger partial charge in [0.25, 0.3) is 5.91 Å². The van der Waals surface area contributed by atoms with Gasteiger partial charge in [0, 0.05) is 56.4 Å². The van der Waals surface area contributed by atoms with Crippen LogP contribution in [0.5, 0.6) is 0 Å². The maximum absolute atomic E-state index is 12.4. The van der Waals surface area contributed by atoms with E-state index in [1.807, 2.05) is 36.9 Å². The highest BCUT2D eigenvalue weighted by molar-refractivity contribution is 5.99. The number of hydrogen-bond acceptors (Lipinski definition) is 4. The Morgan fingerprint density at radius 2 is 2.25 bits per heavy atom.